The minimum absolute atomic E-state index is 0.0141. The van der Waals surface area contributed by atoms with Crippen molar-refractivity contribution in [3.05, 3.63) is 88.9 Å². The number of phenols is 1. The first-order chi connectivity index (χ1) is 18.5. The summed E-state index contributed by atoms with van der Waals surface area (Å²) in [6.45, 7) is 10.4. The Bertz CT molecular complexity index is 1400. The van der Waals surface area contributed by atoms with Crippen LogP contribution < -0.4 is 10.2 Å². The second kappa shape index (κ2) is 12.6. The summed E-state index contributed by atoms with van der Waals surface area (Å²) in [6, 6.07) is 3.56. The van der Waals surface area contributed by atoms with Crippen LogP contribution in [0, 0.1) is 12.7 Å². The Morgan fingerprint density at radius 1 is 1.21 bits per heavy atom. The van der Waals surface area contributed by atoms with E-state index in [0.29, 0.717) is 22.5 Å². The van der Waals surface area contributed by atoms with Crippen molar-refractivity contribution < 1.29 is 24.2 Å². The van der Waals surface area contributed by atoms with Gasteiger partial charge in [-0.05, 0) is 75.4 Å². The minimum Gasteiger partial charge on any atom is -0.506 e. The fourth-order valence-electron chi connectivity index (χ4n) is 3.78. The summed E-state index contributed by atoms with van der Waals surface area (Å²) >= 11 is 0. The number of hydrogen-bond acceptors (Lipinski definition) is 7. The van der Waals surface area contributed by atoms with Crippen molar-refractivity contribution >= 4 is 30.2 Å². The number of anilines is 1. The van der Waals surface area contributed by atoms with E-state index in [2.05, 4.69) is 27.0 Å². The predicted octanol–water partition coefficient (Wildman–Crippen LogP) is 5.17. The molecule has 11 heteroatoms. The van der Waals surface area contributed by atoms with Gasteiger partial charge in [-0.25, -0.2) is 23.9 Å². The highest BCUT2D eigenvalue weighted by molar-refractivity contribution is 6.14. The van der Waals surface area contributed by atoms with E-state index in [1.807, 2.05) is 26.8 Å². The number of carbonyl (C=O) groups is 2. The van der Waals surface area contributed by atoms with Crippen LogP contribution in [-0.4, -0.2) is 57.3 Å². The van der Waals surface area contributed by atoms with Gasteiger partial charge in [0.1, 0.15) is 5.76 Å². The van der Waals surface area contributed by atoms with E-state index >= 15 is 0 Å². The molecular weight excluding hydrogens is 503 g/mol. The Labute approximate surface area is 226 Å². The third-order valence-electron chi connectivity index (χ3n) is 5.60. The third-order valence-corrected chi connectivity index (χ3v) is 5.60. The number of aliphatic hydroxyl groups is 1. The van der Waals surface area contributed by atoms with Crippen LogP contribution in [0.25, 0.3) is 0 Å². The number of pyridine rings is 1. The topological polar surface area (TPSA) is 131 Å². The lowest BCUT2D eigenvalue weighted by molar-refractivity contribution is 0.197. The van der Waals surface area contributed by atoms with Crippen molar-refractivity contribution in [2.75, 3.05) is 11.6 Å². The molecule has 3 rings (SSSR count). The number of aliphatic imine (C=N–C) groups is 2. The molecule has 0 saturated heterocycles. The lowest BCUT2D eigenvalue weighted by Crippen LogP contribution is -2.48. The molecule has 0 spiro atoms. The molecule has 1 heterocycles. The average Bonchev–Trinajstić information content (AvgIpc) is 2.89. The van der Waals surface area contributed by atoms with Crippen LogP contribution in [0.2, 0.25) is 0 Å². The number of aliphatic hydroxyl groups excluding tert-OH is 1. The number of nitrogens with one attached hydrogen (secondary N) is 1. The molecular formula is C28H31FN6O4. The SMILES string of the molecule is C=NC(=O)N(C(=O)N(CNC1=CC(=C/C)/C(=N\C(C)C)C=C1O)Cc1ccc(F)c(O)c1)c1cncc(C)c1. The number of aromatic hydroxyl groups is 1. The number of rotatable bonds is 7. The normalized spacial score (nSPS) is 15.1. The molecule has 0 radical (unpaired) electrons. The fourth-order valence-corrected chi connectivity index (χ4v) is 3.78. The number of nitrogens with zero attached hydrogens (tertiary/aromatic N) is 5. The average molecular weight is 535 g/mol. The first kappa shape index (κ1) is 28.8. The quantitative estimate of drug-likeness (QED) is 0.332. The molecule has 1 aromatic heterocycles. The van der Waals surface area contributed by atoms with Crippen LogP contribution in [-0.2, 0) is 6.54 Å². The van der Waals surface area contributed by atoms with E-state index < -0.39 is 23.6 Å². The van der Waals surface area contributed by atoms with Gasteiger partial charge < -0.3 is 20.4 Å². The molecule has 2 aromatic rings. The Balaban J connectivity index is 1.97. The number of benzene rings is 1. The van der Waals surface area contributed by atoms with Crippen molar-refractivity contribution in [3.8, 4) is 5.75 Å². The maximum atomic E-state index is 13.8. The van der Waals surface area contributed by atoms with Crippen molar-refractivity contribution in [1.82, 2.24) is 15.2 Å². The highest BCUT2D eigenvalue weighted by atomic mass is 19.1. The fraction of sp³-hybridized carbons (Fsp3) is 0.250. The number of carbonyl (C=O) groups excluding carboxylic acids is 2. The Morgan fingerprint density at radius 3 is 2.56 bits per heavy atom. The van der Waals surface area contributed by atoms with E-state index in [-0.39, 0.29) is 30.7 Å². The van der Waals surface area contributed by atoms with Gasteiger partial charge >= 0.3 is 12.1 Å². The molecule has 0 aliphatic heterocycles. The van der Waals surface area contributed by atoms with Gasteiger partial charge in [-0.1, -0.05) is 12.1 Å². The second-order valence-electron chi connectivity index (χ2n) is 9.04. The van der Waals surface area contributed by atoms with Crippen molar-refractivity contribution in [2.24, 2.45) is 9.98 Å². The van der Waals surface area contributed by atoms with Gasteiger partial charge in [0.2, 0.25) is 0 Å². The number of amides is 4. The van der Waals surface area contributed by atoms with E-state index in [1.165, 1.54) is 29.3 Å². The molecule has 0 fully saturated rings. The van der Waals surface area contributed by atoms with Crippen LogP contribution in [0.4, 0.5) is 19.7 Å². The smallest absolute Gasteiger partial charge is 0.355 e. The van der Waals surface area contributed by atoms with Gasteiger partial charge in [-0.15, -0.1) is 0 Å². The number of halogens is 1. The molecule has 0 unspecified atom stereocenters. The minimum atomic E-state index is -0.926. The zero-order chi connectivity index (χ0) is 28.7. The second-order valence-corrected chi connectivity index (χ2v) is 9.04. The largest absolute Gasteiger partial charge is 0.506 e. The third kappa shape index (κ3) is 7.16. The monoisotopic (exact) mass is 534 g/mol. The van der Waals surface area contributed by atoms with Gasteiger partial charge in [0.25, 0.3) is 0 Å². The predicted molar refractivity (Wildman–Crippen MR) is 149 cm³/mol. The van der Waals surface area contributed by atoms with Gasteiger partial charge in [0.05, 0.1) is 30.0 Å². The van der Waals surface area contributed by atoms with Gasteiger partial charge in [-0.3, -0.25) is 9.98 Å². The molecule has 39 heavy (non-hydrogen) atoms. The first-order valence-electron chi connectivity index (χ1n) is 12.1. The van der Waals surface area contributed by atoms with E-state index in [1.54, 1.807) is 25.3 Å². The zero-order valence-corrected chi connectivity index (χ0v) is 22.2. The number of allylic oxidation sites excluding steroid dienone is 4. The molecule has 204 valence electrons. The van der Waals surface area contributed by atoms with E-state index in [4.69, 9.17) is 0 Å². The summed E-state index contributed by atoms with van der Waals surface area (Å²) in [5, 5.41) is 23.5. The number of phenolic OH excluding ortho intramolecular Hbond substituents is 1. The van der Waals surface area contributed by atoms with Gasteiger partial charge in [-0.2, -0.15) is 0 Å². The Morgan fingerprint density at radius 2 is 1.95 bits per heavy atom. The molecule has 1 aliphatic carbocycles. The molecule has 0 saturated carbocycles. The molecule has 10 nitrogen and oxygen atoms in total. The zero-order valence-electron chi connectivity index (χ0n) is 22.2. The Kier molecular flexibility index (Phi) is 9.32. The lowest BCUT2D eigenvalue weighted by Gasteiger charge is -2.30. The molecule has 1 aromatic carbocycles. The van der Waals surface area contributed by atoms with Crippen LogP contribution in [0.3, 0.4) is 0 Å². The highest BCUT2D eigenvalue weighted by Gasteiger charge is 2.29. The summed E-state index contributed by atoms with van der Waals surface area (Å²) in [5.41, 5.74) is 2.98. The summed E-state index contributed by atoms with van der Waals surface area (Å²) < 4.78 is 13.7. The number of urea groups is 2. The molecule has 0 atom stereocenters. The number of aromatic nitrogens is 1. The van der Waals surface area contributed by atoms with Crippen LogP contribution >= 0.6 is 0 Å². The van der Waals surface area contributed by atoms with Crippen molar-refractivity contribution in [2.45, 2.75) is 40.3 Å². The lowest BCUT2D eigenvalue weighted by atomic mass is 10.0. The molecule has 0 bridgehead atoms. The maximum Gasteiger partial charge on any atom is 0.355 e. The molecule has 1 aliphatic rings. The number of hydrogen-bond donors (Lipinski definition) is 3. The van der Waals surface area contributed by atoms with Crippen molar-refractivity contribution in [3.63, 3.8) is 0 Å². The summed E-state index contributed by atoms with van der Waals surface area (Å²) in [7, 11) is 0. The summed E-state index contributed by atoms with van der Waals surface area (Å²) in [4.78, 5) is 40.5. The first-order valence-corrected chi connectivity index (χ1v) is 12.1. The number of imide groups is 1. The van der Waals surface area contributed by atoms with Crippen molar-refractivity contribution in [1.29, 1.82) is 0 Å². The number of aryl methyl sites for hydroxylation is 1. The summed E-state index contributed by atoms with van der Waals surface area (Å²) in [5.74, 6) is -1.48. The summed E-state index contributed by atoms with van der Waals surface area (Å²) in [6.07, 6.45) is 7.98. The molecule has 3 N–H and O–H groups in total. The van der Waals surface area contributed by atoms with E-state index in [0.717, 1.165) is 16.5 Å². The van der Waals surface area contributed by atoms with Crippen LogP contribution in [0.15, 0.2) is 81.9 Å². The van der Waals surface area contributed by atoms with Crippen LogP contribution in [0.1, 0.15) is 31.9 Å². The van der Waals surface area contributed by atoms with Gasteiger partial charge in [0, 0.05) is 24.9 Å². The Hall–Kier alpha value is -4.80. The van der Waals surface area contributed by atoms with Gasteiger partial charge in [0.15, 0.2) is 11.6 Å². The highest BCUT2D eigenvalue weighted by Crippen LogP contribution is 2.23. The van der Waals surface area contributed by atoms with E-state index in [9.17, 15) is 24.2 Å². The van der Waals surface area contributed by atoms with Crippen LogP contribution in [0.5, 0.6) is 5.75 Å². The standard InChI is InChI=1S/C28H31FN6O4/c1-6-20-11-24(26(37)12-23(20)33-17(2)3)32-16-34(15-19-7-8-22(29)25(36)10-19)28(39)35(27(38)30-5)21-9-18(4)13-31-14-21/h6-14,17,32,36-37H,5,15-16H2,1-4H3/b20-6-,33-23-. The maximum absolute atomic E-state index is 13.8. The molecule has 4 amide bonds.